The van der Waals surface area contributed by atoms with E-state index in [0.29, 0.717) is 35.0 Å². The largest absolute Gasteiger partial charge is 0.469 e. The third-order valence-corrected chi connectivity index (χ3v) is 10.8. The predicted octanol–water partition coefficient (Wildman–Crippen LogP) is 4.18. The number of amides is 1. The second kappa shape index (κ2) is 9.82. The number of carbonyl (C=O) groups excluding carboxylic acids is 2. The first-order valence-corrected chi connectivity index (χ1v) is 14.8. The van der Waals surface area contributed by atoms with Gasteiger partial charge in [0.1, 0.15) is 10.8 Å². The Kier molecular flexibility index (Phi) is 6.69. The van der Waals surface area contributed by atoms with Gasteiger partial charge in [0.05, 0.1) is 24.7 Å². The average molecular weight is 514 g/mol. The van der Waals surface area contributed by atoms with Crippen LogP contribution in [-0.4, -0.2) is 59.1 Å². The summed E-state index contributed by atoms with van der Waals surface area (Å²) in [5.41, 5.74) is 0.194. The molecule has 3 atom stereocenters. The minimum absolute atomic E-state index is 0.0102. The van der Waals surface area contributed by atoms with Crippen molar-refractivity contribution in [3.63, 3.8) is 0 Å². The van der Waals surface area contributed by atoms with Crippen LogP contribution in [0.5, 0.6) is 0 Å². The minimum atomic E-state index is -0.494. The Morgan fingerprint density at radius 1 is 1.17 bits per heavy atom. The number of ether oxygens (including phenoxy) is 1. The molecule has 196 valence electrons. The zero-order valence-corrected chi connectivity index (χ0v) is 22.1. The normalized spacial score (nSPS) is 35.4. The summed E-state index contributed by atoms with van der Waals surface area (Å²) in [6.07, 6.45) is 11.1. The fraction of sp³-hybridized carbons (Fsp3) is 0.750. The lowest BCUT2D eigenvalue weighted by Crippen LogP contribution is -2.61. The number of nitrogens with one attached hydrogen (secondary N) is 1. The van der Waals surface area contributed by atoms with Crippen molar-refractivity contribution in [3.05, 3.63) is 17.7 Å². The number of esters is 1. The fourth-order valence-corrected chi connectivity index (χ4v) is 9.32. The molecular formula is C28H39N3O4S. The maximum absolute atomic E-state index is 13.7. The van der Waals surface area contributed by atoms with Gasteiger partial charge in [-0.25, -0.2) is 4.98 Å². The second-order valence-electron chi connectivity index (χ2n) is 12.1. The summed E-state index contributed by atoms with van der Waals surface area (Å²) in [5, 5.41) is 15.7. The van der Waals surface area contributed by atoms with Crippen LogP contribution >= 0.6 is 11.8 Å². The molecule has 8 heteroatoms. The van der Waals surface area contributed by atoms with Crippen LogP contribution in [0.3, 0.4) is 0 Å². The highest BCUT2D eigenvalue weighted by Crippen LogP contribution is 2.55. The Hall–Kier alpha value is -1.80. The lowest BCUT2D eigenvalue weighted by molar-refractivity contribution is -0.141. The SMILES string of the molecule is COC(=O)C[C@@H]1CCN(c2ccc(C(=O)NC3C4CC5CC3CC(O)(C5)C4)c(SC3CCCC3)n2)C1. The van der Waals surface area contributed by atoms with Crippen molar-refractivity contribution >= 4 is 29.5 Å². The smallest absolute Gasteiger partial charge is 0.305 e. The van der Waals surface area contributed by atoms with Crippen molar-refractivity contribution < 1.29 is 19.4 Å². The van der Waals surface area contributed by atoms with Gasteiger partial charge in [0.2, 0.25) is 0 Å². The molecule has 0 aromatic carbocycles. The number of hydrogen-bond donors (Lipinski definition) is 2. The van der Waals surface area contributed by atoms with Crippen molar-refractivity contribution in [2.24, 2.45) is 23.7 Å². The van der Waals surface area contributed by atoms with Crippen LogP contribution in [0.15, 0.2) is 17.2 Å². The van der Waals surface area contributed by atoms with Crippen LogP contribution in [0.2, 0.25) is 0 Å². The topological polar surface area (TPSA) is 91.8 Å². The van der Waals surface area contributed by atoms with E-state index < -0.39 is 5.60 Å². The third-order valence-electron chi connectivity index (χ3n) is 9.50. The van der Waals surface area contributed by atoms with E-state index >= 15 is 0 Å². The number of methoxy groups -OCH3 is 1. The first-order chi connectivity index (χ1) is 17.4. The van der Waals surface area contributed by atoms with Crippen LogP contribution in [0.4, 0.5) is 5.82 Å². The number of anilines is 1. The number of rotatable bonds is 7. The summed E-state index contributed by atoms with van der Waals surface area (Å²) in [7, 11) is 1.44. The summed E-state index contributed by atoms with van der Waals surface area (Å²) in [4.78, 5) is 32.7. The minimum Gasteiger partial charge on any atom is -0.469 e. The molecule has 7 rings (SSSR count). The summed E-state index contributed by atoms with van der Waals surface area (Å²) in [5.74, 6) is 2.41. The highest BCUT2D eigenvalue weighted by molar-refractivity contribution is 7.99. The summed E-state index contributed by atoms with van der Waals surface area (Å²) >= 11 is 1.77. The summed E-state index contributed by atoms with van der Waals surface area (Å²) < 4.78 is 4.86. The van der Waals surface area contributed by atoms with Crippen molar-refractivity contribution in [1.82, 2.24) is 10.3 Å². The van der Waals surface area contributed by atoms with Gasteiger partial charge < -0.3 is 20.1 Å². The van der Waals surface area contributed by atoms with Gasteiger partial charge in [-0.1, -0.05) is 12.8 Å². The number of nitrogens with zero attached hydrogens (tertiary/aromatic N) is 2. The van der Waals surface area contributed by atoms with Crippen LogP contribution < -0.4 is 10.2 Å². The number of aliphatic hydroxyl groups is 1. The number of pyridine rings is 1. The molecule has 6 aliphatic rings. The highest BCUT2D eigenvalue weighted by atomic mass is 32.2. The van der Waals surface area contributed by atoms with Crippen LogP contribution in [0.1, 0.15) is 81.0 Å². The van der Waals surface area contributed by atoms with Gasteiger partial charge in [-0.3, -0.25) is 9.59 Å². The molecule has 7 nitrogen and oxygen atoms in total. The Balaban J connectivity index is 1.19. The van der Waals surface area contributed by atoms with E-state index in [0.717, 1.165) is 62.5 Å². The molecule has 0 spiro atoms. The first kappa shape index (κ1) is 24.5. The highest BCUT2D eigenvalue weighted by Gasteiger charge is 2.55. The molecule has 36 heavy (non-hydrogen) atoms. The van der Waals surface area contributed by atoms with Crippen molar-refractivity contribution in [2.75, 3.05) is 25.1 Å². The van der Waals surface area contributed by atoms with Gasteiger partial charge >= 0.3 is 5.97 Å². The summed E-state index contributed by atoms with van der Waals surface area (Å²) in [6.45, 7) is 1.65. The maximum Gasteiger partial charge on any atom is 0.305 e. The van der Waals surface area contributed by atoms with Gasteiger partial charge in [-0.2, -0.15) is 0 Å². The summed E-state index contributed by atoms with van der Waals surface area (Å²) in [6, 6.07) is 4.11. The number of hydrogen-bond acceptors (Lipinski definition) is 7. The van der Waals surface area contributed by atoms with E-state index in [1.807, 2.05) is 12.1 Å². The Bertz CT molecular complexity index is 997. The van der Waals surface area contributed by atoms with E-state index in [-0.39, 0.29) is 23.8 Å². The van der Waals surface area contributed by atoms with Crippen LogP contribution in [0, 0.1) is 23.7 Å². The standard InChI is InChI=1S/C28H39N3O4S/c1-35-24(32)12-17-8-9-31(16-17)23-7-6-22(27(29-23)36-21-4-2-3-5-21)26(33)30-25-19-10-18-11-20(25)15-28(34,13-18)14-19/h6-7,17-21,25,34H,2-5,8-16H2,1H3,(H,30,33)/t17-,18?,19?,20?,25?,28?/m0/s1. The molecule has 6 fully saturated rings. The molecule has 1 saturated heterocycles. The molecule has 4 bridgehead atoms. The Labute approximate surface area is 218 Å². The Morgan fingerprint density at radius 2 is 1.92 bits per heavy atom. The zero-order chi connectivity index (χ0) is 24.9. The second-order valence-corrected chi connectivity index (χ2v) is 13.4. The molecule has 1 aromatic rings. The monoisotopic (exact) mass is 513 g/mol. The molecule has 1 aromatic heterocycles. The molecule has 2 heterocycles. The van der Waals surface area contributed by atoms with Crippen molar-refractivity contribution in [2.45, 2.75) is 92.5 Å². The number of aromatic nitrogens is 1. The third kappa shape index (κ3) is 4.87. The van der Waals surface area contributed by atoms with E-state index in [4.69, 9.17) is 9.72 Å². The van der Waals surface area contributed by atoms with E-state index in [1.54, 1.807) is 11.8 Å². The molecule has 5 saturated carbocycles. The molecule has 5 aliphatic carbocycles. The Morgan fingerprint density at radius 3 is 2.61 bits per heavy atom. The van der Waals surface area contributed by atoms with Crippen LogP contribution in [-0.2, 0) is 9.53 Å². The van der Waals surface area contributed by atoms with Gasteiger partial charge in [0, 0.05) is 24.4 Å². The molecule has 0 radical (unpaired) electrons. The van der Waals surface area contributed by atoms with E-state index in [2.05, 4.69) is 10.2 Å². The van der Waals surface area contributed by atoms with Gasteiger partial charge in [-0.05, 0) is 87.2 Å². The predicted molar refractivity (Wildman–Crippen MR) is 139 cm³/mol. The fourth-order valence-electron chi connectivity index (χ4n) is 8.01. The average Bonchev–Trinajstić information content (AvgIpc) is 3.52. The van der Waals surface area contributed by atoms with E-state index in [1.165, 1.54) is 32.8 Å². The van der Waals surface area contributed by atoms with E-state index in [9.17, 15) is 14.7 Å². The first-order valence-electron chi connectivity index (χ1n) is 13.9. The lowest BCUT2D eigenvalue weighted by Gasteiger charge is -2.58. The van der Waals surface area contributed by atoms with Crippen molar-refractivity contribution in [3.8, 4) is 0 Å². The van der Waals surface area contributed by atoms with Gasteiger partial charge in [0.25, 0.3) is 5.91 Å². The maximum atomic E-state index is 13.7. The lowest BCUT2D eigenvalue weighted by atomic mass is 9.52. The van der Waals surface area contributed by atoms with Gasteiger partial charge in [0.15, 0.2) is 0 Å². The quantitative estimate of drug-likeness (QED) is 0.529. The zero-order valence-electron chi connectivity index (χ0n) is 21.3. The molecule has 1 aliphatic heterocycles. The molecule has 2 unspecified atom stereocenters. The van der Waals surface area contributed by atoms with Crippen molar-refractivity contribution in [1.29, 1.82) is 0 Å². The molecule has 2 N–H and O–H groups in total. The number of thioether (sulfide) groups is 1. The number of carbonyl (C=O) groups is 2. The van der Waals surface area contributed by atoms with Crippen LogP contribution in [0.25, 0.3) is 0 Å². The molecule has 1 amide bonds. The van der Waals surface area contributed by atoms with Gasteiger partial charge in [-0.15, -0.1) is 11.8 Å². The molecular weight excluding hydrogens is 474 g/mol.